The normalized spacial score (nSPS) is 11.4. The zero-order valence-electron chi connectivity index (χ0n) is 16.3. The van der Waals surface area contributed by atoms with E-state index < -0.39 is 10.0 Å². The minimum absolute atomic E-state index is 0.127. The van der Waals surface area contributed by atoms with Crippen LogP contribution in [0.3, 0.4) is 0 Å². The number of anilines is 2. The van der Waals surface area contributed by atoms with E-state index in [2.05, 4.69) is 34.0 Å². The molecule has 148 valence electrons. The Morgan fingerprint density at radius 1 is 1.07 bits per heavy atom. The van der Waals surface area contributed by atoms with Crippen LogP contribution in [0.2, 0.25) is 0 Å². The van der Waals surface area contributed by atoms with Gasteiger partial charge in [0.2, 0.25) is 10.0 Å². The third-order valence-corrected chi connectivity index (χ3v) is 5.04. The van der Waals surface area contributed by atoms with E-state index >= 15 is 0 Å². The summed E-state index contributed by atoms with van der Waals surface area (Å²) in [6.45, 7) is 8.86. The topological polar surface area (TPSA) is 101 Å². The van der Waals surface area contributed by atoms with Gasteiger partial charge < -0.3 is 10.2 Å². The maximum Gasteiger partial charge on any atom is 0.238 e. The van der Waals surface area contributed by atoms with Crippen LogP contribution in [-0.2, 0) is 16.4 Å². The van der Waals surface area contributed by atoms with Gasteiger partial charge in [-0.05, 0) is 43.9 Å². The summed E-state index contributed by atoms with van der Waals surface area (Å²) in [5.41, 5.74) is 1.03. The molecule has 0 fully saturated rings. The predicted octanol–water partition coefficient (Wildman–Crippen LogP) is 2.71. The molecular weight excluding hydrogens is 362 g/mol. The van der Waals surface area contributed by atoms with Crippen molar-refractivity contribution in [3.05, 3.63) is 41.7 Å². The highest BCUT2D eigenvalue weighted by Gasteiger charge is 2.10. The molecule has 0 aliphatic carbocycles. The molecule has 2 rings (SSSR count). The molecule has 0 aliphatic heterocycles. The number of nitrogens with zero attached hydrogens (tertiary/aromatic N) is 3. The number of rotatable bonds is 10. The average molecular weight is 392 g/mol. The first-order valence-electron chi connectivity index (χ1n) is 9.29. The third kappa shape index (κ3) is 6.48. The molecule has 0 saturated heterocycles. The number of benzene rings is 1. The maximum atomic E-state index is 11.3. The SMILES string of the molecule is CCCN(CCC)c1cc(NCCc2ccc(S(N)(=O)=O)cc2)nc(C)n1. The second-order valence-electron chi connectivity index (χ2n) is 6.51. The van der Waals surface area contributed by atoms with Crippen LogP contribution in [0, 0.1) is 6.92 Å². The van der Waals surface area contributed by atoms with E-state index in [4.69, 9.17) is 5.14 Å². The molecule has 0 spiro atoms. The van der Waals surface area contributed by atoms with Gasteiger partial charge >= 0.3 is 0 Å². The highest BCUT2D eigenvalue weighted by molar-refractivity contribution is 7.89. The number of sulfonamides is 1. The number of aromatic nitrogens is 2. The molecule has 2 aromatic rings. The van der Waals surface area contributed by atoms with Gasteiger partial charge in [0, 0.05) is 25.7 Å². The van der Waals surface area contributed by atoms with E-state index in [1.807, 2.05) is 13.0 Å². The van der Waals surface area contributed by atoms with Gasteiger partial charge in [-0.2, -0.15) is 0 Å². The van der Waals surface area contributed by atoms with E-state index in [9.17, 15) is 8.42 Å². The Morgan fingerprint density at radius 2 is 1.70 bits per heavy atom. The van der Waals surface area contributed by atoms with Crippen LogP contribution in [-0.4, -0.2) is 38.0 Å². The van der Waals surface area contributed by atoms with E-state index in [1.54, 1.807) is 12.1 Å². The molecule has 0 radical (unpaired) electrons. The predicted molar refractivity (Wildman–Crippen MR) is 110 cm³/mol. The third-order valence-electron chi connectivity index (χ3n) is 4.11. The number of aryl methyl sites for hydroxylation is 1. The minimum Gasteiger partial charge on any atom is -0.370 e. The summed E-state index contributed by atoms with van der Waals surface area (Å²) >= 11 is 0. The van der Waals surface area contributed by atoms with Crippen LogP contribution in [0.4, 0.5) is 11.6 Å². The molecule has 0 aliphatic rings. The summed E-state index contributed by atoms with van der Waals surface area (Å²) in [5, 5.41) is 8.46. The van der Waals surface area contributed by atoms with E-state index in [-0.39, 0.29) is 4.90 Å². The summed E-state index contributed by atoms with van der Waals surface area (Å²) in [4.78, 5) is 11.5. The lowest BCUT2D eigenvalue weighted by Crippen LogP contribution is -2.26. The van der Waals surface area contributed by atoms with Gasteiger partial charge in [-0.3, -0.25) is 0 Å². The Labute approximate surface area is 162 Å². The van der Waals surface area contributed by atoms with Gasteiger partial charge in [0.25, 0.3) is 0 Å². The Balaban J connectivity index is 2.01. The number of hydrogen-bond acceptors (Lipinski definition) is 6. The Kier molecular flexibility index (Phi) is 7.55. The van der Waals surface area contributed by atoms with E-state index in [0.29, 0.717) is 6.54 Å². The first-order valence-corrected chi connectivity index (χ1v) is 10.8. The fraction of sp³-hybridized carbons (Fsp3) is 0.474. The largest absolute Gasteiger partial charge is 0.370 e. The van der Waals surface area contributed by atoms with Gasteiger partial charge in [0.15, 0.2) is 0 Å². The number of primary sulfonamides is 1. The Bertz CT molecular complexity index is 832. The molecule has 1 heterocycles. The van der Waals surface area contributed by atoms with E-state index in [1.165, 1.54) is 12.1 Å². The smallest absolute Gasteiger partial charge is 0.238 e. The van der Waals surface area contributed by atoms with Gasteiger partial charge in [0.05, 0.1) is 4.90 Å². The number of nitrogens with one attached hydrogen (secondary N) is 1. The minimum atomic E-state index is -3.65. The van der Waals surface area contributed by atoms with Crippen molar-refractivity contribution in [2.45, 2.75) is 44.9 Å². The molecule has 8 heteroatoms. The van der Waals surface area contributed by atoms with Crippen LogP contribution >= 0.6 is 0 Å². The van der Waals surface area contributed by atoms with Gasteiger partial charge in [-0.15, -0.1) is 0 Å². The highest BCUT2D eigenvalue weighted by Crippen LogP contribution is 2.17. The molecular formula is C19H29N5O2S. The summed E-state index contributed by atoms with van der Waals surface area (Å²) < 4.78 is 22.6. The van der Waals surface area contributed by atoms with Crippen molar-refractivity contribution >= 4 is 21.7 Å². The Morgan fingerprint density at radius 3 is 2.26 bits per heavy atom. The second kappa shape index (κ2) is 9.66. The first-order chi connectivity index (χ1) is 12.8. The second-order valence-corrected chi connectivity index (χ2v) is 8.07. The summed E-state index contributed by atoms with van der Waals surface area (Å²) in [5.74, 6) is 2.49. The number of nitrogens with two attached hydrogens (primary N) is 1. The Hall–Kier alpha value is -2.19. The molecule has 0 saturated carbocycles. The fourth-order valence-corrected chi connectivity index (χ4v) is 3.38. The lowest BCUT2D eigenvalue weighted by molar-refractivity contribution is 0.598. The van der Waals surface area contributed by atoms with Gasteiger partial charge in [-0.25, -0.2) is 23.5 Å². The summed E-state index contributed by atoms with van der Waals surface area (Å²) in [6.07, 6.45) is 2.89. The maximum absolute atomic E-state index is 11.3. The quantitative estimate of drug-likeness (QED) is 0.646. The summed E-state index contributed by atoms with van der Waals surface area (Å²) in [6, 6.07) is 8.61. The fourth-order valence-electron chi connectivity index (χ4n) is 2.87. The zero-order valence-corrected chi connectivity index (χ0v) is 17.1. The molecule has 27 heavy (non-hydrogen) atoms. The van der Waals surface area contributed by atoms with Crippen LogP contribution in [0.5, 0.6) is 0 Å². The zero-order chi connectivity index (χ0) is 19.9. The van der Waals surface area contributed by atoms with Crippen molar-refractivity contribution in [2.24, 2.45) is 5.14 Å². The van der Waals surface area contributed by atoms with Gasteiger partial charge in [-0.1, -0.05) is 26.0 Å². The van der Waals surface area contributed by atoms with Crippen molar-refractivity contribution in [3.8, 4) is 0 Å². The van der Waals surface area contributed by atoms with E-state index in [0.717, 1.165) is 55.4 Å². The molecule has 1 aromatic carbocycles. The highest BCUT2D eigenvalue weighted by atomic mass is 32.2. The first kappa shape index (κ1) is 21.1. The summed E-state index contributed by atoms with van der Waals surface area (Å²) in [7, 11) is -3.65. The molecule has 3 N–H and O–H groups in total. The van der Waals surface area contributed by atoms with Crippen molar-refractivity contribution in [2.75, 3.05) is 29.9 Å². The van der Waals surface area contributed by atoms with Crippen LogP contribution in [0.1, 0.15) is 38.1 Å². The number of hydrogen-bond donors (Lipinski definition) is 2. The van der Waals surface area contributed by atoms with Crippen molar-refractivity contribution < 1.29 is 8.42 Å². The van der Waals surface area contributed by atoms with Crippen molar-refractivity contribution in [1.82, 2.24) is 9.97 Å². The molecule has 0 unspecified atom stereocenters. The molecule has 0 atom stereocenters. The van der Waals surface area contributed by atoms with Crippen LogP contribution < -0.4 is 15.4 Å². The molecule has 7 nitrogen and oxygen atoms in total. The lowest BCUT2D eigenvalue weighted by Gasteiger charge is -2.23. The van der Waals surface area contributed by atoms with Crippen LogP contribution in [0.15, 0.2) is 35.2 Å². The monoisotopic (exact) mass is 391 g/mol. The molecule has 1 aromatic heterocycles. The lowest BCUT2D eigenvalue weighted by atomic mass is 10.1. The van der Waals surface area contributed by atoms with Crippen molar-refractivity contribution in [1.29, 1.82) is 0 Å². The van der Waals surface area contributed by atoms with Crippen molar-refractivity contribution in [3.63, 3.8) is 0 Å². The molecule has 0 bridgehead atoms. The average Bonchev–Trinajstić information content (AvgIpc) is 2.61. The molecule has 0 amide bonds. The standard InChI is InChI=1S/C19H29N5O2S/c1-4-12-24(13-5-2)19-14-18(22-15(3)23-19)21-11-10-16-6-8-17(9-7-16)27(20,25)26/h6-9,14H,4-5,10-13H2,1-3H3,(H2,20,25,26)(H,21,22,23). The van der Waals surface area contributed by atoms with Gasteiger partial charge in [0.1, 0.15) is 17.5 Å². The van der Waals surface area contributed by atoms with Crippen LogP contribution in [0.25, 0.3) is 0 Å².